The van der Waals surface area contributed by atoms with E-state index in [4.69, 9.17) is 5.73 Å². The average molecular weight is 192 g/mol. The van der Waals surface area contributed by atoms with Crippen LogP contribution < -0.4 is 11.1 Å². The molecule has 0 aromatic heterocycles. The molecule has 0 saturated carbocycles. The van der Waals surface area contributed by atoms with E-state index in [1.54, 1.807) is 0 Å². The van der Waals surface area contributed by atoms with E-state index in [0.29, 0.717) is 6.42 Å². The van der Waals surface area contributed by atoms with Crippen LogP contribution >= 0.6 is 0 Å². The Labute approximate surface area is 84.3 Å². The van der Waals surface area contributed by atoms with Gasteiger partial charge in [0.2, 0.25) is 5.91 Å². The number of carbonyl (C=O) groups excluding carboxylic acids is 1. The lowest BCUT2D eigenvalue weighted by atomic mass is 10.1. The van der Waals surface area contributed by atoms with E-state index in [2.05, 4.69) is 5.32 Å². The molecule has 1 rings (SSSR count). The molecular weight excluding hydrogens is 176 g/mol. The molecule has 0 radical (unpaired) electrons. The van der Waals surface area contributed by atoms with Crippen LogP contribution in [0.15, 0.2) is 30.3 Å². The summed E-state index contributed by atoms with van der Waals surface area (Å²) in [4.78, 5) is 11.4. The summed E-state index contributed by atoms with van der Waals surface area (Å²) in [5.41, 5.74) is 6.49. The Morgan fingerprint density at radius 1 is 1.43 bits per heavy atom. The van der Waals surface area contributed by atoms with Crippen molar-refractivity contribution < 1.29 is 4.79 Å². The fourth-order valence-corrected chi connectivity index (χ4v) is 1.12. The molecule has 1 aromatic rings. The van der Waals surface area contributed by atoms with E-state index >= 15 is 0 Å². The molecule has 0 aliphatic carbocycles. The molecule has 0 bridgehead atoms. The average Bonchev–Trinajstić information content (AvgIpc) is 2.19. The second kappa shape index (κ2) is 5.40. The largest absolute Gasteiger partial charge is 0.327 e. The van der Waals surface area contributed by atoms with Crippen molar-refractivity contribution in [2.75, 3.05) is 5.32 Å². The van der Waals surface area contributed by atoms with Crippen molar-refractivity contribution in [1.82, 2.24) is 0 Å². The van der Waals surface area contributed by atoms with Crippen molar-refractivity contribution >= 4 is 11.6 Å². The molecule has 1 aromatic carbocycles. The third-order valence-electron chi connectivity index (χ3n) is 2.03. The van der Waals surface area contributed by atoms with Gasteiger partial charge in [-0.15, -0.1) is 0 Å². The number of rotatable bonds is 4. The van der Waals surface area contributed by atoms with Gasteiger partial charge in [0.05, 0.1) is 0 Å². The fraction of sp³-hybridized carbons (Fsp3) is 0.364. The summed E-state index contributed by atoms with van der Waals surface area (Å²) in [6.45, 7) is 1.97. The van der Waals surface area contributed by atoms with Crippen LogP contribution in [-0.2, 0) is 4.79 Å². The maximum atomic E-state index is 11.4. The van der Waals surface area contributed by atoms with E-state index in [1.165, 1.54) is 0 Å². The second-order valence-electron chi connectivity index (χ2n) is 3.29. The Morgan fingerprint density at radius 3 is 2.64 bits per heavy atom. The van der Waals surface area contributed by atoms with Crippen LogP contribution in [-0.4, -0.2) is 11.9 Å². The minimum Gasteiger partial charge on any atom is -0.327 e. The SMILES string of the molecule is CCC(N)CC(=O)Nc1ccccc1. The van der Waals surface area contributed by atoms with Crippen LogP contribution in [0.4, 0.5) is 5.69 Å². The highest BCUT2D eigenvalue weighted by molar-refractivity contribution is 5.90. The van der Waals surface area contributed by atoms with Gasteiger partial charge in [0.25, 0.3) is 0 Å². The number of hydrogen-bond acceptors (Lipinski definition) is 2. The summed E-state index contributed by atoms with van der Waals surface area (Å²) in [5, 5.41) is 2.79. The third kappa shape index (κ3) is 3.58. The standard InChI is InChI=1S/C11H16N2O/c1-2-9(12)8-11(14)13-10-6-4-3-5-7-10/h3-7,9H,2,8,12H2,1H3,(H,13,14). The van der Waals surface area contributed by atoms with Gasteiger partial charge >= 0.3 is 0 Å². The van der Waals surface area contributed by atoms with Gasteiger partial charge in [-0.3, -0.25) is 4.79 Å². The van der Waals surface area contributed by atoms with E-state index in [1.807, 2.05) is 37.3 Å². The molecule has 0 saturated heterocycles. The van der Waals surface area contributed by atoms with Gasteiger partial charge in [0.1, 0.15) is 0 Å². The maximum absolute atomic E-state index is 11.4. The minimum atomic E-state index is -0.0429. The Morgan fingerprint density at radius 2 is 2.07 bits per heavy atom. The third-order valence-corrected chi connectivity index (χ3v) is 2.03. The molecule has 0 fully saturated rings. The first-order valence-electron chi connectivity index (χ1n) is 4.83. The van der Waals surface area contributed by atoms with Gasteiger partial charge in [-0.2, -0.15) is 0 Å². The number of para-hydroxylation sites is 1. The van der Waals surface area contributed by atoms with Crippen molar-refractivity contribution in [2.24, 2.45) is 5.73 Å². The lowest BCUT2D eigenvalue weighted by Crippen LogP contribution is -2.26. The molecule has 3 nitrogen and oxygen atoms in total. The van der Waals surface area contributed by atoms with Gasteiger partial charge in [-0.25, -0.2) is 0 Å². The highest BCUT2D eigenvalue weighted by atomic mass is 16.1. The predicted molar refractivity (Wildman–Crippen MR) is 58.0 cm³/mol. The topological polar surface area (TPSA) is 55.1 Å². The summed E-state index contributed by atoms with van der Waals surface area (Å²) in [7, 11) is 0. The Balaban J connectivity index is 2.42. The fourth-order valence-electron chi connectivity index (χ4n) is 1.12. The highest BCUT2D eigenvalue weighted by Gasteiger charge is 2.06. The van der Waals surface area contributed by atoms with Gasteiger partial charge < -0.3 is 11.1 Å². The molecule has 76 valence electrons. The van der Waals surface area contributed by atoms with Gasteiger partial charge in [0.15, 0.2) is 0 Å². The van der Waals surface area contributed by atoms with Crippen molar-refractivity contribution in [3.05, 3.63) is 30.3 Å². The van der Waals surface area contributed by atoms with Crippen LogP contribution in [0.3, 0.4) is 0 Å². The van der Waals surface area contributed by atoms with Crippen LogP contribution in [0.1, 0.15) is 19.8 Å². The molecular formula is C11H16N2O. The zero-order valence-corrected chi connectivity index (χ0v) is 8.36. The summed E-state index contributed by atoms with van der Waals surface area (Å²) < 4.78 is 0. The zero-order valence-electron chi connectivity index (χ0n) is 8.36. The summed E-state index contributed by atoms with van der Waals surface area (Å²) >= 11 is 0. The lowest BCUT2D eigenvalue weighted by molar-refractivity contribution is -0.116. The summed E-state index contributed by atoms with van der Waals surface area (Å²) in [5.74, 6) is -0.0226. The van der Waals surface area contributed by atoms with Crippen LogP contribution in [0, 0.1) is 0 Å². The zero-order chi connectivity index (χ0) is 10.4. The van der Waals surface area contributed by atoms with E-state index in [0.717, 1.165) is 12.1 Å². The number of carbonyl (C=O) groups is 1. The minimum absolute atomic E-state index is 0.0226. The molecule has 0 aliphatic heterocycles. The molecule has 14 heavy (non-hydrogen) atoms. The second-order valence-corrected chi connectivity index (χ2v) is 3.29. The normalized spacial score (nSPS) is 12.1. The van der Waals surface area contributed by atoms with Crippen molar-refractivity contribution in [2.45, 2.75) is 25.8 Å². The number of nitrogens with one attached hydrogen (secondary N) is 1. The predicted octanol–water partition coefficient (Wildman–Crippen LogP) is 1.75. The Bertz CT molecular complexity index is 285. The first-order chi connectivity index (χ1) is 6.72. The van der Waals surface area contributed by atoms with E-state index in [-0.39, 0.29) is 11.9 Å². The quantitative estimate of drug-likeness (QED) is 0.763. The van der Waals surface area contributed by atoms with Crippen molar-refractivity contribution in [1.29, 1.82) is 0 Å². The van der Waals surface area contributed by atoms with Gasteiger partial charge in [-0.1, -0.05) is 25.1 Å². The van der Waals surface area contributed by atoms with E-state index < -0.39 is 0 Å². The highest BCUT2D eigenvalue weighted by Crippen LogP contribution is 2.06. The maximum Gasteiger partial charge on any atom is 0.225 e. The monoisotopic (exact) mass is 192 g/mol. The summed E-state index contributed by atoms with van der Waals surface area (Å²) in [6, 6.07) is 9.35. The molecule has 1 unspecified atom stereocenters. The Kier molecular flexibility index (Phi) is 4.13. The number of nitrogens with two attached hydrogens (primary N) is 1. The smallest absolute Gasteiger partial charge is 0.225 e. The number of benzene rings is 1. The first kappa shape index (κ1) is 10.7. The van der Waals surface area contributed by atoms with Crippen molar-refractivity contribution in [3.63, 3.8) is 0 Å². The van der Waals surface area contributed by atoms with Crippen molar-refractivity contribution in [3.8, 4) is 0 Å². The molecule has 1 amide bonds. The van der Waals surface area contributed by atoms with Crippen LogP contribution in [0.25, 0.3) is 0 Å². The van der Waals surface area contributed by atoms with Gasteiger partial charge in [0, 0.05) is 18.2 Å². The molecule has 0 spiro atoms. The summed E-state index contributed by atoms with van der Waals surface area (Å²) in [6.07, 6.45) is 1.20. The first-order valence-corrected chi connectivity index (χ1v) is 4.83. The molecule has 0 aliphatic rings. The van der Waals surface area contributed by atoms with Crippen LogP contribution in [0.2, 0.25) is 0 Å². The number of hydrogen-bond donors (Lipinski definition) is 2. The number of amides is 1. The number of anilines is 1. The van der Waals surface area contributed by atoms with Crippen LogP contribution in [0.5, 0.6) is 0 Å². The molecule has 0 heterocycles. The van der Waals surface area contributed by atoms with Gasteiger partial charge in [-0.05, 0) is 18.6 Å². The molecule has 1 atom stereocenters. The van der Waals surface area contributed by atoms with E-state index in [9.17, 15) is 4.79 Å². The Hall–Kier alpha value is -1.35. The lowest BCUT2D eigenvalue weighted by Gasteiger charge is -2.08. The molecule has 3 heteroatoms. The molecule has 3 N–H and O–H groups in total.